The summed E-state index contributed by atoms with van der Waals surface area (Å²) in [6, 6.07) is 11.6. The Hall–Kier alpha value is -3.70. The van der Waals surface area contributed by atoms with E-state index in [2.05, 4.69) is 11.1 Å². The molecule has 142 valence electrons. The van der Waals surface area contributed by atoms with Crippen molar-refractivity contribution in [1.29, 1.82) is 5.26 Å². The largest absolute Gasteiger partial charge is 0.483 e. The van der Waals surface area contributed by atoms with E-state index in [-0.39, 0.29) is 23.4 Å². The molecule has 28 heavy (non-hydrogen) atoms. The number of aromatic nitrogens is 2. The van der Waals surface area contributed by atoms with Gasteiger partial charge in [-0.1, -0.05) is 18.2 Å². The number of nitriles is 1. The first-order chi connectivity index (χ1) is 13.5. The maximum Gasteiger partial charge on any atom is 0.290 e. The smallest absolute Gasteiger partial charge is 0.290 e. The fourth-order valence-electron chi connectivity index (χ4n) is 3.41. The Bertz CT molecular complexity index is 1160. The number of hydrogen-bond donors (Lipinski definition) is 2. The van der Waals surface area contributed by atoms with Crippen LogP contribution in [0.3, 0.4) is 0 Å². The lowest BCUT2D eigenvalue weighted by atomic mass is 9.92. The molecule has 2 aromatic heterocycles. The monoisotopic (exact) mass is 378 g/mol. The summed E-state index contributed by atoms with van der Waals surface area (Å²) >= 11 is 0. The van der Waals surface area contributed by atoms with Crippen molar-refractivity contribution in [2.45, 2.75) is 13.0 Å². The molecule has 0 saturated heterocycles. The predicted molar refractivity (Wildman–Crippen MR) is 104 cm³/mol. The Morgan fingerprint density at radius 2 is 2.11 bits per heavy atom. The molecule has 4 rings (SSSR count). The van der Waals surface area contributed by atoms with Gasteiger partial charge in [0.2, 0.25) is 0 Å². The van der Waals surface area contributed by atoms with Crippen LogP contribution >= 0.6 is 0 Å². The zero-order valence-electron chi connectivity index (χ0n) is 15.2. The van der Waals surface area contributed by atoms with Crippen molar-refractivity contribution in [2.75, 3.05) is 12.3 Å². The number of nitrogen functional groups attached to an aromatic ring is 1. The van der Waals surface area contributed by atoms with E-state index in [1.807, 2.05) is 30.3 Å². The number of pyridine rings is 2. The van der Waals surface area contributed by atoms with Gasteiger partial charge in [-0.05, 0) is 17.5 Å². The number of carbonyl (C=O) groups is 1. The van der Waals surface area contributed by atoms with Gasteiger partial charge in [-0.2, -0.15) is 5.26 Å². The van der Waals surface area contributed by atoms with Crippen molar-refractivity contribution in [1.82, 2.24) is 9.55 Å². The number of anilines is 1. The third-order valence-electron chi connectivity index (χ3n) is 4.66. The van der Waals surface area contributed by atoms with Crippen molar-refractivity contribution >= 4 is 23.2 Å². The molecular weight excluding hydrogens is 360 g/mol. The normalized spacial score (nSPS) is 12.4. The van der Waals surface area contributed by atoms with E-state index in [9.17, 15) is 10.1 Å². The van der Waals surface area contributed by atoms with E-state index >= 15 is 0 Å². The van der Waals surface area contributed by atoms with Crippen LogP contribution in [0, 0.1) is 11.3 Å². The molecule has 0 aliphatic carbocycles. The Morgan fingerprint density at radius 3 is 2.82 bits per heavy atom. The molecule has 1 aromatic carbocycles. The summed E-state index contributed by atoms with van der Waals surface area (Å²) in [6.07, 6.45) is 0.617. The predicted octanol–water partition coefficient (Wildman–Crippen LogP) is 1.83. The van der Waals surface area contributed by atoms with Crippen molar-refractivity contribution in [3.05, 3.63) is 57.5 Å². The molecule has 3 aromatic rings. The minimum absolute atomic E-state index is 0.161. The summed E-state index contributed by atoms with van der Waals surface area (Å²) < 4.78 is 7.15. The second-order valence-electron chi connectivity index (χ2n) is 6.17. The molecule has 0 radical (unpaired) electrons. The molecule has 3 N–H and O–H groups in total. The van der Waals surface area contributed by atoms with Crippen LogP contribution in [0.15, 0.2) is 35.1 Å². The van der Waals surface area contributed by atoms with Crippen LogP contribution in [0.5, 0.6) is 0 Å². The van der Waals surface area contributed by atoms with Crippen LogP contribution in [0.1, 0.15) is 16.8 Å². The van der Waals surface area contributed by atoms with Crippen LogP contribution in [-0.4, -0.2) is 27.7 Å². The maximum atomic E-state index is 13.0. The van der Waals surface area contributed by atoms with E-state index < -0.39 is 0 Å². The molecule has 0 bridgehead atoms. The SMILES string of the molecule is Cn1c(=O)c(-c2c(C#N)c(N)nc3c2COCC3)cc2ccccc21.O=CO. The molecule has 8 heteroatoms. The highest BCUT2D eigenvalue weighted by Crippen LogP contribution is 2.33. The number of para-hydroxylation sites is 1. The van der Waals surface area contributed by atoms with Gasteiger partial charge in [-0.15, -0.1) is 0 Å². The average Bonchev–Trinajstić information content (AvgIpc) is 2.70. The number of aryl methyl sites for hydroxylation is 1. The standard InChI is InChI=1S/C19H16N4O2.CH2O2/c1-23-16-5-3-2-4-11(16)8-12(19(23)24)17-13(9-20)18(21)22-15-6-7-25-10-14(15)17;2-1-3/h2-5,8H,6-7,10H2,1H3,(H2,21,22);1H,(H,2,3). The Morgan fingerprint density at radius 1 is 1.39 bits per heavy atom. The molecule has 0 atom stereocenters. The lowest BCUT2D eigenvalue weighted by Crippen LogP contribution is -2.22. The number of carboxylic acid groups (broad SMARTS) is 1. The number of nitrogens with zero attached hydrogens (tertiary/aromatic N) is 3. The molecule has 3 heterocycles. The van der Waals surface area contributed by atoms with Gasteiger partial charge < -0.3 is 20.1 Å². The Labute approximate surface area is 160 Å². The second kappa shape index (κ2) is 7.90. The highest BCUT2D eigenvalue weighted by atomic mass is 16.5. The van der Waals surface area contributed by atoms with Crippen molar-refractivity contribution < 1.29 is 14.6 Å². The van der Waals surface area contributed by atoms with Gasteiger partial charge >= 0.3 is 0 Å². The third kappa shape index (κ3) is 3.19. The Kier molecular flexibility index (Phi) is 5.38. The molecule has 0 saturated carbocycles. The zero-order chi connectivity index (χ0) is 20.3. The number of ether oxygens (including phenoxy) is 1. The van der Waals surface area contributed by atoms with Gasteiger partial charge in [-0.3, -0.25) is 9.59 Å². The average molecular weight is 378 g/mol. The summed E-state index contributed by atoms with van der Waals surface area (Å²) in [4.78, 5) is 25.7. The van der Waals surface area contributed by atoms with Crippen LogP contribution < -0.4 is 11.3 Å². The van der Waals surface area contributed by atoms with Crippen LogP contribution in [0.4, 0.5) is 5.82 Å². The fourth-order valence-corrected chi connectivity index (χ4v) is 3.41. The van der Waals surface area contributed by atoms with Gasteiger partial charge in [-0.25, -0.2) is 4.98 Å². The first-order valence-corrected chi connectivity index (χ1v) is 8.49. The number of benzene rings is 1. The van der Waals surface area contributed by atoms with E-state index in [0.717, 1.165) is 22.2 Å². The van der Waals surface area contributed by atoms with Crippen LogP contribution in [0.25, 0.3) is 22.0 Å². The summed E-state index contributed by atoms with van der Waals surface area (Å²) in [5.41, 5.74) is 9.49. The summed E-state index contributed by atoms with van der Waals surface area (Å²) in [7, 11) is 1.73. The number of nitrogens with two attached hydrogens (primary N) is 1. The zero-order valence-corrected chi connectivity index (χ0v) is 15.2. The number of hydrogen-bond acceptors (Lipinski definition) is 6. The van der Waals surface area contributed by atoms with Crippen molar-refractivity contribution in [3.63, 3.8) is 0 Å². The Balaban J connectivity index is 0.000000706. The van der Waals surface area contributed by atoms with Gasteiger partial charge in [0.15, 0.2) is 0 Å². The van der Waals surface area contributed by atoms with E-state index in [1.54, 1.807) is 11.6 Å². The first-order valence-electron chi connectivity index (χ1n) is 8.49. The van der Waals surface area contributed by atoms with Gasteiger partial charge in [0, 0.05) is 30.2 Å². The van der Waals surface area contributed by atoms with E-state index in [4.69, 9.17) is 20.4 Å². The van der Waals surface area contributed by atoms with Crippen molar-refractivity contribution in [2.24, 2.45) is 7.05 Å². The molecule has 1 aliphatic heterocycles. The molecule has 0 spiro atoms. The number of fused-ring (bicyclic) bond motifs is 2. The lowest BCUT2D eigenvalue weighted by Gasteiger charge is -2.21. The van der Waals surface area contributed by atoms with Gasteiger partial charge in [0.1, 0.15) is 17.5 Å². The highest BCUT2D eigenvalue weighted by molar-refractivity contribution is 5.87. The summed E-state index contributed by atoms with van der Waals surface area (Å²) in [5, 5.41) is 17.4. The minimum Gasteiger partial charge on any atom is -0.483 e. The molecule has 1 aliphatic rings. The molecule has 0 unspecified atom stereocenters. The second-order valence-corrected chi connectivity index (χ2v) is 6.17. The minimum atomic E-state index is -0.250. The van der Waals surface area contributed by atoms with Gasteiger partial charge in [0.25, 0.3) is 12.0 Å². The van der Waals surface area contributed by atoms with Crippen LogP contribution in [-0.2, 0) is 29.6 Å². The fraction of sp³-hybridized carbons (Fsp3) is 0.200. The van der Waals surface area contributed by atoms with Gasteiger partial charge in [0.05, 0.1) is 24.4 Å². The third-order valence-corrected chi connectivity index (χ3v) is 4.66. The molecular formula is C20H18N4O4. The first kappa shape index (κ1) is 19.1. The highest BCUT2D eigenvalue weighted by Gasteiger charge is 2.24. The van der Waals surface area contributed by atoms with Crippen molar-refractivity contribution in [3.8, 4) is 17.2 Å². The molecule has 0 amide bonds. The van der Waals surface area contributed by atoms with E-state index in [0.29, 0.717) is 30.8 Å². The summed E-state index contributed by atoms with van der Waals surface area (Å²) in [5.74, 6) is 0.161. The topological polar surface area (TPSA) is 131 Å². The summed E-state index contributed by atoms with van der Waals surface area (Å²) in [6.45, 7) is 0.628. The molecule has 0 fully saturated rings. The molecule has 8 nitrogen and oxygen atoms in total. The number of rotatable bonds is 1. The lowest BCUT2D eigenvalue weighted by molar-refractivity contribution is -0.122. The maximum absolute atomic E-state index is 13.0. The quantitative estimate of drug-likeness (QED) is 0.617. The van der Waals surface area contributed by atoms with E-state index in [1.165, 1.54) is 0 Å². The van der Waals surface area contributed by atoms with Crippen LogP contribution in [0.2, 0.25) is 0 Å².